The van der Waals surface area contributed by atoms with E-state index in [2.05, 4.69) is 23.1 Å². The number of ether oxygens (including phenoxy) is 1. The lowest BCUT2D eigenvalue weighted by atomic mass is 9.75. The number of hydrogen-bond acceptors (Lipinski definition) is 2. The Labute approximate surface area is 146 Å². The highest BCUT2D eigenvalue weighted by molar-refractivity contribution is 5.39. The van der Waals surface area contributed by atoms with Crippen LogP contribution in [0.2, 0.25) is 0 Å². The van der Waals surface area contributed by atoms with Crippen LogP contribution >= 0.6 is 0 Å². The monoisotopic (exact) mass is 327 g/mol. The molecule has 2 aliphatic heterocycles. The van der Waals surface area contributed by atoms with Crippen molar-refractivity contribution in [3.8, 4) is 5.75 Å². The Kier molecular flexibility index (Phi) is 5.39. The molecule has 1 atom stereocenters. The Morgan fingerprint density at radius 3 is 2.75 bits per heavy atom. The van der Waals surface area contributed by atoms with E-state index in [-0.39, 0.29) is 0 Å². The van der Waals surface area contributed by atoms with Crippen LogP contribution in [0, 0.1) is 5.92 Å². The molecule has 1 aliphatic carbocycles. The second-order valence-corrected chi connectivity index (χ2v) is 7.76. The first-order valence-electron chi connectivity index (χ1n) is 10.0. The van der Waals surface area contributed by atoms with E-state index in [9.17, 15) is 0 Å². The highest BCUT2D eigenvalue weighted by atomic mass is 16.5. The normalized spacial score (nSPS) is 25.1. The van der Waals surface area contributed by atoms with Gasteiger partial charge in [0.25, 0.3) is 0 Å². The molecule has 3 nitrogen and oxygen atoms in total. The average molecular weight is 327 g/mol. The minimum Gasteiger partial charge on any atom is -0.494 e. The van der Waals surface area contributed by atoms with Gasteiger partial charge in [0.2, 0.25) is 0 Å². The fraction of sp³-hybridized carbons (Fsp3) is 0.714. The molecule has 4 rings (SSSR count). The molecule has 3 aliphatic rings. The van der Waals surface area contributed by atoms with E-state index in [1.807, 2.05) is 0 Å². The summed E-state index contributed by atoms with van der Waals surface area (Å²) in [5, 5.41) is 4.90. The van der Waals surface area contributed by atoms with Crippen molar-refractivity contribution in [2.75, 3.05) is 32.8 Å². The highest BCUT2D eigenvalue weighted by Crippen LogP contribution is 2.41. The molecule has 1 aromatic rings. The first kappa shape index (κ1) is 16.4. The molecule has 2 fully saturated rings. The molecule has 1 radical (unpaired) electrons. The Morgan fingerprint density at radius 1 is 1.08 bits per heavy atom. The minimum atomic E-state index is 0.468. The van der Waals surface area contributed by atoms with Crippen LogP contribution in [0.5, 0.6) is 5.75 Å². The Bertz CT molecular complexity index is 535. The molecule has 0 N–H and O–H groups in total. The quantitative estimate of drug-likeness (QED) is 0.740. The second kappa shape index (κ2) is 7.88. The van der Waals surface area contributed by atoms with Crippen molar-refractivity contribution in [3.05, 3.63) is 29.3 Å². The number of fused-ring (bicyclic) bond motifs is 1. The zero-order chi connectivity index (χ0) is 16.2. The maximum Gasteiger partial charge on any atom is 0.119 e. The van der Waals surface area contributed by atoms with Gasteiger partial charge in [0, 0.05) is 13.1 Å². The lowest BCUT2D eigenvalue weighted by molar-refractivity contribution is 0.204. The van der Waals surface area contributed by atoms with Gasteiger partial charge in [-0.2, -0.15) is 0 Å². The summed E-state index contributed by atoms with van der Waals surface area (Å²) >= 11 is 0. The van der Waals surface area contributed by atoms with E-state index in [1.165, 1.54) is 69.3 Å². The average Bonchev–Trinajstić information content (AvgIpc) is 2.58. The maximum absolute atomic E-state index is 6.04. The minimum absolute atomic E-state index is 0.468. The van der Waals surface area contributed by atoms with Crippen LogP contribution in [0.3, 0.4) is 0 Å². The van der Waals surface area contributed by atoms with E-state index >= 15 is 0 Å². The summed E-state index contributed by atoms with van der Waals surface area (Å²) in [7, 11) is 0. The van der Waals surface area contributed by atoms with Crippen molar-refractivity contribution in [2.45, 2.75) is 57.4 Å². The summed E-state index contributed by atoms with van der Waals surface area (Å²) in [6, 6.07) is 7.22. The molecule has 0 aromatic heterocycles. The van der Waals surface area contributed by atoms with Gasteiger partial charge in [0.15, 0.2) is 0 Å². The highest BCUT2D eigenvalue weighted by Gasteiger charge is 2.32. The van der Waals surface area contributed by atoms with Crippen molar-refractivity contribution in [3.63, 3.8) is 0 Å². The van der Waals surface area contributed by atoms with E-state index in [1.54, 1.807) is 0 Å². The van der Waals surface area contributed by atoms with Crippen LogP contribution in [-0.2, 0) is 6.42 Å². The third kappa shape index (κ3) is 3.78. The van der Waals surface area contributed by atoms with Crippen LogP contribution < -0.4 is 10.1 Å². The molecule has 1 saturated carbocycles. The summed E-state index contributed by atoms with van der Waals surface area (Å²) in [5.74, 6) is 1.86. The number of benzene rings is 1. The van der Waals surface area contributed by atoms with Gasteiger partial charge in [0.05, 0.1) is 12.6 Å². The summed E-state index contributed by atoms with van der Waals surface area (Å²) in [6.07, 6.45) is 10.5. The summed E-state index contributed by atoms with van der Waals surface area (Å²) in [6.45, 7) is 5.58. The van der Waals surface area contributed by atoms with Gasteiger partial charge < -0.3 is 9.64 Å². The largest absolute Gasteiger partial charge is 0.494 e. The standard InChI is InChI=1S/C21H31N2O/c1-2-12-23(13-3-1)14-5-15-24-19-8-9-20-18(16-19)10-11-22-21(20)17-6-4-7-17/h8-9,16-17,21H,1-7,10-15H2. The van der Waals surface area contributed by atoms with Crippen LogP contribution in [0.15, 0.2) is 18.2 Å². The molecule has 0 spiro atoms. The number of hydrogen-bond donors (Lipinski definition) is 0. The zero-order valence-electron chi connectivity index (χ0n) is 14.9. The van der Waals surface area contributed by atoms with Crippen molar-refractivity contribution in [2.24, 2.45) is 5.92 Å². The van der Waals surface area contributed by atoms with Crippen molar-refractivity contribution < 1.29 is 4.74 Å². The van der Waals surface area contributed by atoms with E-state index in [4.69, 9.17) is 10.1 Å². The SMILES string of the molecule is c1cc2c(cc1OCCCN1CCCCC1)CC[N]C2C1CCC1. The van der Waals surface area contributed by atoms with Gasteiger partial charge in [-0.25, -0.2) is 5.32 Å². The van der Waals surface area contributed by atoms with E-state index in [0.29, 0.717) is 6.04 Å². The van der Waals surface area contributed by atoms with Crippen LogP contribution in [0.25, 0.3) is 0 Å². The maximum atomic E-state index is 6.04. The number of likely N-dealkylation sites (tertiary alicyclic amines) is 1. The topological polar surface area (TPSA) is 26.6 Å². The lowest BCUT2D eigenvalue weighted by Crippen LogP contribution is -2.33. The van der Waals surface area contributed by atoms with Gasteiger partial charge in [-0.3, -0.25) is 0 Å². The molecule has 1 saturated heterocycles. The van der Waals surface area contributed by atoms with Gasteiger partial charge in [-0.1, -0.05) is 18.9 Å². The number of rotatable bonds is 6. The summed E-state index contributed by atoms with van der Waals surface area (Å²) in [5.41, 5.74) is 2.96. The third-order valence-corrected chi connectivity index (χ3v) is 6.07. The van der Waals surface area contributed by atoms with Gasteiger partial charge in [0.1, 0.15) is 5.75 Å². The summed E-state index contributed by atoms with van der Waals surface area (Å²) < 4.78 is 6.04. The predicted molar refractivity (Wildman–Crippen MR) is 97.6 cm³/mol. The molecule has 2 heterocycles. The first-order chi connectivity index (χ1) is 11.9. The fourth-order valence-corrected chi connectivity index (χ4v) is 4.42. The van der Waals surface area contributed by atoms with E-state index in [0.717, 1.165) is 37.7 Å². The van der Waals surface area contributed by atoms with Crippen molar-refractivity contribution in [1.82, 2.24) is 10.2 Å². The molecule has 1 unspecified atom stereocenters. The molecule has 3 heteroatoms. The number of piperidine rings is 1. The molecule has 24 heavy (non-hydrogen) atoms. The first-order valence-corrected chi connectivity index (χ1v) is 10.0. The molecule has 131 valence electrons. The Morgan fingerprint density at radius 2 is 1.96 bits per heavy atom. The molecule has 0 amide bonds. The van der Waals surface area contributed by atoms with Gasteiger partial charge in [-0.15, -0.1) is 0 Å². The lowest BCUT2D eigenvalue weighted by Gasteiger charge is -2.37. The zero-order valence-corrected chi connectivity index (χ0v) is 14.9. The molecule has 1 aromatic carbocycles. The van der Waals surface area contributed by atoms with Crippen molar-refractivity contribution >= 4 is 0 Å². The summed E-state index contributed by atoms with van der Waals surface area (Å²) in [4.78, 5) is 2.59. The Hall–Kier alpha value is -1.06. The predicted octanol–water partition coefficient (Wildman–Crippen LogP) is 3.94. The van der Waals surface area contributed by atoms with Crippen LogP contribution in [0.1, 0.15) is 62.1 Å². The third-order valence-electron chi connectivity index (χ3n) is 6.07. The number of nitrogens with zero attached hydrogens (tertiary/aromatic N) is 2. The fourth-order valence-electron chi connectivity index (χ4n) is 4.42. The molecule has 0 bridgehead atoms. The second-order valence-electron chi connectivity index (χ2n) is 7.76. The Balaban J connectivity index is 1.28. The molecular formula is C21H31N2O. The molecular weight excluding hydrogens is 296 g/mol. The van der Waals surface area contributed by atoms with Crippen molar-refractivity contribution in [1.29, 1.82) is 0 Å². The van der Waals surface area contributed by atoms with Gasteiger partial charge in [-0.05, 0) is 80.8 Å². The van der Waals surface area contributed by atoms with Gasteiger partial charge >= 0.3 is 0 Å². The van der Waals surface area contributed by atoms with Crippen LogP contribution in [-0.4, -0.2) is 37.7 Å². The smallest absolute Gasteiger partial charge is 0.119 e. The van der Waals surface area contributed by atoms with Crippen LogP contribution in [0.4, 0.5) is 0 Å². The van der Waals surface area contributed by atoms with E-state index < -0.39 is 0 Å².